The zero-order valence-electron chi connectivity index (χ0n) is 17.6. The average Bonchev–Trinajstić information content (AvgIpc) is 3.34. The van der Waals surface area contributed by atoms with E-state index in [4.69, 9.17) is 9.52 Å². The van der Waals surface area contributed by atoms with Crippen LogP contribution in [0.4, 0.5) is 0 Å². The summed E-state index contributed by atoms with van der Waals surface area (Å²) in [6, 6.07) is 11.8. The Morgan fingerprint density at radius 1 is 1.15 bits per heavy atom. The van der Waals surface area contributed by atoms with E-state index in [0.717, 1.165) is 45.7 Å². The smallest absolute Gasteiger partial charge is 0.253 e. The van der Waals surface area contributed by atoms with Crippen LogP contribution >= 0.6 is 23.1 Å². The first-order valence-electron chi connectivity index (χ1n) is 10.7. The summed E-state index contributed by atoms with van der Waals surface area (Å²) in [5.74, 6) is 1.70. The zero-order valence-corrected chi connectivity index (χ0v) is 19.2. The minimum absolute atomic E-state index is 0.0798. The fourth-order valence-corrected chi connectivity index (χ4v) is 5.54. The molecular weight excluding hydrogens is 456 g/mol. The van der Waals surface area contributed by atoms with Crippen molar-refractivity contribution in [3.63, 3.8) is 0 Å². The Balaban J connectivity index is 1.23. The number of thiophene rings is 1. The molecule has 0 bridgehead atoms. The number of hydrazone groups is 1. The van der Waals surface area contributed by atoms with Crippen LogP contribution in [-0.2, 0) is 4.79 Å². The molecule has 0 spiro atoms. The second-order valence-electron chi connectivity index (χ2n) is 7.93. The van der Waals surface area contributed by atoms with Crippen molar-refractivity contribution in [1.82, 2.24) is 24.8 Å². The molecule has 1 saturated carbocycles. The molecule has 166 valence electrons. The molecule has 0 saturated heterocycles. The Kier molecular flexibility index (Phi) is 5.31. The predicted octanol–water partition coefficient (Wildman–Crippen LogP) is 4.80. The SMILES string of the molecule is O=C(CSc1nnc(-c2ccncc2)n1C1CC1)N1N=C(c2cccs2)C[C@@H]1c1ccco1. The highest BCUT2D eigenvalue weighted by molar-refractivity contribution is 7.99. The lowest BCUT2D eigenvalue weighted by Crippen LogP contribution is -2.28. The highest BCUT2D eigenvalue weighted by atomic mass is 32.2. The van der Waals surface area contributed by atoms with Gasteiger partial charge in [-0.05, 0) is 48.6 Å². The first kappa shape index (κ1) is 20.4. The maximum absolute atomic E-state index is 13.3. The van der Waals surface area contributed by atoms with Gasteiger partial charge in [-0.25, -0.2) is 5.01 Å². The van der Waals surface area contributed by atoms with Crippen molar-refractivity contribution in [2.24, 2.45) is 5.10 Å². The molecule has 8 nitrogen and oxygen atoms in total. The van der Waals surface area contributed by atoms with Gasteiger partial charge in [0.05, 0.1) is 22.6 Å². The molecule has 2 aliphatic rings. The van der Waals surface area contributed by atoms with Gasteiger partial charge in [-0.3, -0.25) is 14.3 Å². The van der Waals surface area contributed by atoms with Gasteiger partial charge in [-0.2, -0.15) is 5.10 Å². The van der Waals surface area contributed by atoms with Crippen molar-refractivity contribution in [3.05, 3.63) is 71.1 Å². The predicted molar refractivity (Wildman–Crippen MR) is 126 cm³/mol. The first-order valence-corrected chi connectivity index (χ1v) is 12.6. The van der Waals surface area contributed by atoms with Gasteiger partial charge in [0.1, 0.15) is 11.8 Å². The van der Waals surface area contributed by atoms with Crippen LogP contribution in [0.1, 0.15) is 42.0 Å². The normalized spacial score (nSPS) is 18.0. The van der Waals surface area contributed by atoms with Gasteiger partial charge in [0.25, 0.3) is 5.91 Å². The van der Waals surface area contributed by atoms with Gasteiger partial charge in [0, 0.05) is 30.4 Å². The van der Waals surface area contributed by atoms with Crippen LogP contribution in [0, 0.1) is 0 Å². The summed E-state index contributed by atoms with van der Waals surface area (Å²) in [5, 5.41) is 17.9. The molecule has 6 rings (SSSR count). The van der Waals surface area contributed by atoms with Gasteiger partial charge in [0.15, 0.2) is 11.0 Å². The Bertz CT molecular complexity index is 1280. The Morgan fingerprint density at radius 2 is 2.03 bits per heavy atom. The molecule has 33 heavy (non-hydrogen) atoms. The van der Waals surface area contributed by atoms with E-state index in [9.17, 15) is 4.79 Å². The van der Waals surface area contributed by atoms with Crippen molar-refractivity contribution in [2.45, 2.75) is 36.5 Å². The molecule has 1 fully saturated rings. The second-order valence-corrected chi connectivity index (χ2v) is 9.82. The monoisotopic (exact) mass is 476 g/mol. The number of carbonyl (C=O) groups excluding carboxylic acids is 1. The summed E-state index contributed by atoms with van der Waals surface area (Å²) in [6.45, 7) is 0. The van der Waals surface area contributed by atoms with Gasteiger partial charge in [-0.15, -0.1) is 21.5 Å². The van der Waals surface area contributed by atoms with Crippen LogP contribution in [0.25, 0.3) is 11.4 Å². The number of pyridine rings is 1. The highest BCUT2D eigenvalue weighted by Crippen LogP contribution is 2.41. The number of aromatic nitrogens is 4. The first-order chi connectivity index (χ1) is 16.3. The lowest BCUT2D eigenvalue weighted by molar-refractivity contribution is -0.130. The van der Waals surface area contributed by atoms with Gasteiger partial charge >= 0.3 is 0 Å². The third kappa shape index (κ3) is 4.00. The Labute approximate surface area is 198 Å². The molecule has 0 N–H and O–H groups in total. The number of nitrogens with zero attached hydrogens (tertiary/aromatic N) is 6. The summed E-state index contributed by atoms with van der Waals surface area (Å²) in [7, 11) is 0. The average molecular weight is 477 g/mol. The number of thioether (sulfide) groups is 1. The summed E-state index contributed by atoms with van der Waals surface area (Å²) in [6.07, 6.45) is 7.97. The minimum atomic E-state index is -0.237. The van der Waals surface area contributed by atoms with E-state index in [0.29, 0.717) is 12.5 Å². The molecular formula is C23H20N6O2S2. The van der Waals surface area contributed by atoms with Crippen molar-refractivity contribution in [3.8, 4) is 11.4 Å². The van der Waals surface area contributed by atoms with E-state index in [-0.39, 0.29) is 17.7 Å². The van der Waals surface area contributed by atoms with Crippen LogP contribution < -0.4 is 0 Å². The Morgan fingerprint density at radius 3 is 2.76 bits per heavy atom. The third-order valence-electron chi connectivity index (χ3n) is 5.68. The van der Waals surface area contributed by atoms with Crippen molar-refractivity contribution < 1.29 is 9.21 Å². The van der Waals surface area contributed by atoms with Crippen LogP contribution in [0.3, 0.4) is 0 Å². The van der Waals surface area contributed by atoms with E-state index in [1.165, 1.54) is 11.8 Å². The van der Waals surface area contributed by atoms with Crippen LogP contribution in [0.15, 0.2) is 75.1 Å². The summed E-state index contributed by atoms with van der Waals surface area (Å²) in [5.41, 5.74) is 1.89. The van der Waals surface area contributed by atoms with Crippen LogP contribution in [0.5, 0.6) is 0 Å². The largest absolute Gasteiger partial charge is 0.467 e. The fourth-order valence-electron chi connectivity index (χ4n) is 3.96. The molecule has 4 aromatic heterocycles. The number of amides is 1. The van der Waals surface area contributed by atoms with Crippen molar-refractivity contribution >= 4 is 34.7 Å². The molecule has 5 heterocycles. The van der Waals surface area contributed by atoms with E-state index < -0.39 is 0 Å². The molecule has 1 amide bonds. The lowest BCUT2D eigenvalue weighted by Gasteiger charge is -2.19. The molecule has 1 aliphatic carbocycles. The third-order valence-corrected chi connectivity index (χ3v) is 7.53. The van der Waals surface area contributed by atoms with Crippen LogP contribution in [0.2, 0.25) is 0 Å². The highest BCUT2D eigenvalue weighted by Gasteiger charge is 2.36. The topological polar surface area (TPSA) is 89.4 Å². The van der Waals surface area contributed by atoms with E-state index in [2.05, 4.69) is 19.7 Å². The summed E-state index contributed by atoms with van der Waals surface area (Å²) >= 11 is 3.03. The maximum Gasteiger partial charge on any atom is 0.253 e. The Hall–Kier alpha value is -3.24. The van der Waals surface area contributed by atoms with E-state index in [1.54, 1.807) is 35.0 Å². The quantitative estimate of drug-likeness (QED) is 0.356. The number of carbonyl (C=O) groups is 1. The number of hydrogen-bond acceptors (Lipinski definition) is 8. The number of rotatable bonds is 7. The second kappa shape index (κ2) is 8.60. The van der Waals surface area contributed by atoms with E-state index >= 15 is 0 Å². The molecule has 1 atom stereocenters. The van der Waals surface area contributed by atoms with Gasteiger partial charge in [0.2, 0.25) is 0 Å². The van der Waals surface area contributed by atoms with Crippen molar-refractivity contribution in [1.29, 1.82) is 0 Å². The van der Waals surface area contributed by atoms with Crippen molar-refractivity contribution in [2.75, 3.05) is 5.75 Å². The summed E-state index contributed by atoms with van der Waals surface area (Å²) in [4.78, 5) is 18.5. The summed E-state index contributed by atoms with van der Waals surface area (Å²) < 4.78 is 7.79. The lowest BCUT2D eigenvalue weighted by atomic mass is 10.1. The molecule has 4 aromatic rings. The number of furan rings is 1. The molecule has 0 aromatic carbocycles. The van der Waals surface area contributed by atoms with Gasteiger partial charge in [-0.1, -0.05) is 17.8 Å². The van der Waals surface area contributed by atoms with E-state index in [1.807, 2.05) is 41.8 Å². The molecule has 10 heteroatoms. The molecule has 1 aliphatic heterocycles. The number of hydrogen-bond donors (Lipinski definition) is 0. The zero-order chi connectivity index (χ0) is 22.2. The van der Waals surface area contributed by atoms with Gasteiger partial charge < -0.3 is 4.42 Å². The molecule has 0 radical (unpaired) electrons. The molecule has 0 unspecified atom stereocenters. The minimum Gasteiger partial charge on any atom is -0.467 e. The standard InChI is InChI=1S/C23H20N6O2S2/c30-21(29-18(19-3-1-11-31-19)13-17(27-29)20-4-2-12-32-20)14-33-23-26-25-22(28(23)16-5-6-16)15-7-9-24-10-8-15/h1-4,7-12,16,18H,5-6,13-14H2/t18-/m1/s1. The maximum atomic E-state index is 13.3. The fraction of sp³-hybridized carbons (Fsp3) is 0.261. The van der Waals surface area contributed by atoms with Crippen LogP contribution in [-0.4, -0.2) is 42.1 Å².